The van der Waals surface area contributed by atoms with Gasteiger partial charge in [0, 0.05) is 0 Å². The first kappa shape index (κ1) is 28.1. The normalized spacial score (nSPS) is 20.6. The van der Waals surface area contributed by atoms with Crippen molar-refractivity contribution in [2.45, 2.75) is 77.6 Å². The Morgan fingerprint density at radius 1 is 1.05 bits per heavy atom. The van der Waals surface area contributed by atoms with E-state index in [4.69, 9.17) is 0 Å². The van der Waals surface area contributed by atoms with Gasteiger partial charge in [0.05, 0.1) is 8.07 Å². The SMILES string of the molecule is CC1C(C[Si](C)(C)C(C)(C)C)=[C-]C2=C1CCCC2.[Cl-].[Cl-].[Cl-].[Ti+4]. The van der Waals surface area contributed by atoms with Crippen molar-refractivity contribution in [2.75, 3.05) is 0 Å². The topological polar surface area (TPSA) is 0 Å². The van der Waals surface area contributed by atoms with E-state index in [0.717, 1.165) is 0 Å². The molecule has 0 N–H and O–H groups in total. The number of hydrogen-bond acceptors (Lipinski definition) is 0. The average molecular weight is 416 g/mol. The summed E-state index contributed by atoms with van der Waals surface area (Å²) in [6.07, 6.45) is 9.21. The van der Waals surface area contributed by atoms with Crippen LogP contribution in [0.4, 0.5) is 0 Å². The quantitative estimate of drug-likeness (QED) is 0.328. The monoisotopic (exact) mass is 414 g/mol. The van der Waals surface area contributed by atoms with Crippen LogP contribution in [0.1, 0.15) is 53.4 Å². The molecule has 0 heterocycles. The fourth-order valence-electron chi connectivity index (χ4n) is 3.00. The van der Waals surface area contributed by atoms with Crippen LogP contribution in [0.25, 0.3) is 0 Å². The maximum Gasteiger partial charge on any atom is 4.00 e. The maximum absolute atomic E-state index is 3.80. The van der Waals surface area contributed by atoms with Crippen molar-refractivity contribution < 1.29 is 58.9 Å². The van der Waals surface area contributed by atoms with Crippen molar-refractivity contribution in [3.05, 3.63) is 22.8 Å². The Hall–Kier alpha value is 1.28. The number of rotatable bonds is 2. The van der Waals surface area contributed by atoms with E-state index in [2.05, 4.69) is 46.9 Å². The molecular formula is C17H29Cl3SiTi. The Bertz CT molecular complexity index is 409. The molecule has 0 saturated carbocycles. The molecule has 0 bridgehead atoms. The molecule has 0 aromatic heterocycles. The molecule has 22 heavy (non-hydrogen) atoms. The first-order valence-electron chi connectivity index (χ1n) is 7.57. The van der Waals surface area contributed by atoms with Gasteiger partial charge in [-0.3, -0.25) is 0 Å². The zero-order valence-electron chi connectivity index (χ0n) is 14.7. The summed E-state index contributed by atoms with van der Waals surface area (Å²) in [7, 11) is -1.20. The van der Waals surface area contributed by atoms with Gasteiger partial charge in [0.2, 0.25) is 0 Å². The van der Waals surface area contributed by atoms with Gasteiger partial charge < -0.3 is 37.2 Å². The van der Waals surface area contributed by atoms with E-state index in [9.17, 15) is 0 Å². The van der Waals surface area contributed by atoms with Crippen LogP contribution in [0.5, 0.6) is 0 Å². The van der Waals surface area contributed by atoms with Gasteiger partial charge in [-0.25, -0.2) is 17.2 Å². The fourth-order valence-corrected chi connectivity index (χ4v) is 4.88. The summed E-state index contributed by atoms with van der Waals surface area (Å²) >= 11 is 0. The maximum atomic E-state index is 3.80. The van der Waals surface area contributed by atoms with E-state index in [1.165, 1.54) is 31.7 Å². The van der Waals surface area contributed by atoms with Crippen LogP contribution in [0.2, 0.25) is 24.2 Å². The van der Waals surface area contributed by atoms with Crippen molar-refractivity contribution in [1.29, 1.82) is 0 Å². The van der Waals surface area contributed by atoms with Crippen LogP contribution in [0.15, 0.2) is 16.7 Å². The summed E-state index contributed by atoms with van der Waals surface area (Å²) in [5.41, 5.74) is 4.95. The zero-order valence-corrected chi connectivity index (χ0v) is 19.6. The molecule has 0 radical (unpaired) electrons. The minimum absolute atomic E-state index is 0. The van der Waals surface area contributed by atoms with Crippen molar-refractivity contribution in [1.82, 2.24) is 0 Å². The van der Waals surface area contributed by atoms with Gasteiger partial charge in [-0.1, -0.05) is 78.4 Å². The van der Waals surface area contributed by atoms with Gasteiger partial charge in [0.25, 0.3) is 0 Å². The molecule has 0 aromatic rings. The average Bonchev–Trinajstić information content (AvgIpc) is 2.54. The molecule has 0 fully saturated rings. The molecule has 2 aliphatic rings. The fraction of sp³-hybridized carbons (Fsp3) is 0.765. The molecule has 0 spiro atoms. The third-order valence-electron chi connectivity index (χ3n) is 5.53. The van der Waals surface area contributed by atoms with Gasteiger partial charge in [-0.05, 0) is 5.04 Å². The first-order valence-corrected chi connectivity index (χ1v) is 10.8. The smallest absolute Gasteiger partial charge is 1.00 e. The minimum Gasteiger partial charge on any atom is -1.00 e. The third-order valence-corrected chi connectivity index (χ3v) is 10.9. The summed E-state index contributed by atoms with van der Waals surface area (Å²) in [5.74, 6) is 0.703. The van der Waals surface area contributed by atoms with E-state index in [0.29, 0.717) is 11.0 Å². The first-order chi connectivity index (χ1) is 8.22. The second-order valence-corrected chi connectivity index (χ2v) is 13.5. The van der Waals surface area contributed by atoms with Gasteiger partial charge in [0.15, 0.2) is 0 Å². The molecule has 0 aliphatic heterocycles. The number of hydrogen-bond donors (Lipinski definition) is 0. The Labute approximate surface area is 172 Å². The van der Waals surface area contributed by atoms with Gasteiger partial charge >= 0.3 is 21.7 Å². The molecule has 2 rings (SSSR count). The van der Waals surface area contributed by atoms with E-state index in [-0.39, 0.29) is 58.9 Å². The third kappa shape index (κ3) is 5.97. The molecule has 1 atom stereocenters. The van der Waals surface area contributed by atoms with Gasteiger partial charge in [0.1, 0.15) is 0 Å². The van der Waals surface area contributed by atoms with Crippen LogP contribution in [0.3, 0.4) is 0 Å². The predicted molar refractivity (Wildman–Crippen MR) is 83.4 cm³/mol. The van der Waals surface area contributed by atoms with Crippen LogP contribution < -0.4 is 37.2 Å². The summed E-state index contributed by atoms with van der Waals surface area (Å²) < 4.78 is 0. The van der Waals surface area contributed by atoms with Crippen LogP contribution in [-0.4, -0.2) is 8.07 Å². The number of halogens is 3. The Morgan fingerprint density at radius 2 is 1.55 bits per heavy atom. The Balaban J connectivity index is -0.000000902. The van der Waals surface area contributed by atoms with Crippen LogP contribution in [0, 0.1) is 12.0 Å². The molecule has 0 amide bonds. The molecule has 0 aromatic carbocycles. The molecular weight excluding hydrogens is 386 g/mol. The molecule has 2 aliphatic carbocycles. The predicted octanol–water partition coefficient (Wildman–Crippen LogP) is -3.25. The van der Waals surface area contributed by atoms with Crippen molar-refractivity contribution in [3.63, 3.8) is 0 Å². The minimum atomic E-state index is -1.20. The zero-order chi connectivity index (χ0) is 13.6. The molecule has 0 nitrogen and oxygen atoms in total. The number of allylic oxidation sites excluding steroid dienone is 4. The van der Waals surface area contributed by atoms with Crippen molar-refractivity contribution >= 4 is 8.07 Å². The largest absolute Gasteiger partial charge is 4.00 e. The van der Waals surface area contributed by atoms with Gasteiger partial charge in [-0.2, -0.15) is 5.57 Å². The summed E-state index contributed by atoms with van der Waals surface area (Å²) in [5, 5.41) is 0.491. The molecule has 0 saturated heterocycles. The van der Waals surface area contributed by atoms with Crippen LogP contribution in [-0.2, 0) is 21.7 Å². The van der Waals surface area contributed by atoms with E-state index < -0.39 is 8.07 Å². The standard InChI is InChI=1S/C17H29Si.3ClH.Ti/c1-13-15(12-18(5,6)17(2,3)4)11-14-9-7-8-10-16(13)14;;;;/h13H,7-10,12H2,1-6H3;3*1H;/q-1;;;;+4/p-3. The second-order valence-electron chi connectivity index (χ2n) is 7.89. The van der Waals surface area contributed by atoms with Crippen molar-refractivity contribution in [2.24, 2.45) is 5.92 Å². The summed E-state index contributed by atoms with van der Waals surface area (Å²) in [6, 6.07) is 1.34. The van der Waals surface area contributed by atoms with E-state index >= 15 is 0 Å². The molecule has 126 valence electrons. The molecule has 1 unspecified atom stereocenters. The van der Waals surface area contributed by atoms with Crippen molar-refractivity contribution in [3.8, 4) is 0 Å². The molecule has 5 heteroatoms. The summed E-state index contributed by atoms with van der Waals surface area (Å²) in [4.78, 5) is 0. The summed E-state index contributed by atoms with van der Waals surface area (Å²) in [6.45, 7) is 14.8. The van der Waals surface area contributed by atoms with E-state index in [1.807, 2.05) is 0 Å². The van der Waals surface area contributed by atoms with Gasteiger partial charge in [-0.15, -0.1) is 0 Å². The second kappa shape index (κ2) is 10.3. The Morgan fingerprint density at radius 3 is 2.00 bits per heavy atom. The Kier molecular flexibility index (Phi) is 13.2. The van der Waals surface area contributed by atoms with E-state index in [1.54, 1.807) is 16.7 Å². The van der Waals surface area contributed by atoms with Crippen LogP contribution >= 0.6 is 0 Å².